The van der Waals surface area contributed by atoms with Gasteiger partial charge in [-0.25, -0.2) is 0 Å². The van der Waals surface area contributed by atoms with Gasteiger partial charge in [0.05, 0.1) is 5.69 Å². The van der Waals surface area contributed by atoms with Crippen LogP contribution in [0.15, 0.2) is 0 Å². The molecule has 0 saturated heterocycles. The minimum atomic E-state index is 0.806. The highest BCUT2D eigenvalue weighted by atomic mass is 35.5. The van der Waals surface area contributed by atoms with Crippen molar-refractivity contribution >= 4 is 23.4 Å². The normalized spacial score (nSPS) is 15.8. The van der Waals surface area contributed by atoms with Gasteiger partial charge in [0.15, 0.2) is 0 Å². The first-order chi connectivity index (χ1) is 4.79. The summed E-state index contributed by atoms with van der Waals surface area (Å²) in [6.07, 6.45) is 0. The van der Waals surface area contributed by atoms with E-state index >= 15 is 0 Å². The summed E-state index contributed by atoms with van der Waals surface area (Å²) in [5.41, 5.74) is 2.40. The lowest BCUT2D eigenvalue weighted by atomic mass is 10.3. The molecule has 0 amide bonds. The zero-order valence-corrected chi connectivity index (χ0v) is 7.17. The number of aromatic nitrogens is 2. The maximum absolute atomic E-state index is 5.94. The van der Waals surface area contributed by atoms with Crippen LogP contribution in [-0.2, 0) is 18.6 Å². The lowest BCUT2D eigenvalue weighted by Gasteiger charge is -1.92. The smallest absolute Gasteiger partial charge is 0.131 e. The topological polar surface area (TPSA) is 17.8 Å². The molecule has 0 unspecified atom stereocenters. The molecule has 0 fully saturated rings. The van der Waals surface area contributed by atoms with Crippen LogP contribution in [0.25, 0.3) is 0 Å². The minimum absolute atomic E-state index is 0.806. The van der Waals surface area contributed by atoms with Crippen LogP contribution in [0.2, 0.25) is 5.15 Å². The number of hydrogen-bond acceptors (Lipinski definition) is 2. The quantitative estimate of drug-likeness (QED) is 0.597. The van der Waals surface area contributed by atoms with E-state index in [0.717, 1.165) is 22.4 Å². The van der Waals surface area contributed by atoms with Crippen molar-refractivity contribution in [2.45, 2.75) is 11.5 Å². The van der Waals surface area contributed by atoms with Crippen LogP contribution in [0, 0.1) is 0 Å². The molecule has 0 aliphatic carbocycles. The summed E-state index contributed by atoms with van der Waals surface area (Å²) in [4.78, 5) is 0. The molecule has 0 saturated carbocycles. The summed E-state index contributed by atoms with van der Waals surface area (Å²) in [6, 6.07) is 0. The van der Waals surface area contributed by atoms with Crippen molar-refractivity contribution in [1.29, 1.82) is 0 Å². The molecule has 1 aromatic rings. The third-order valence-electron chi connectivity index (χ3n) is 1.64. The Morgan fingerprint density at radius 2 is 2.40 bits per heavy atom. The Labute approximate surface area is 68.6 Å². The molecule has 10 heavy (non-hydrogen) atoms. The lowest BCUT2D eigenvalue weighted by Crippen LogP contribution is -1.90. The SMILES string of the molecule is Cn1nc2c(c1Cl)CSC2. The molecular formula is C6H7ClN2S. The number of fused-ring (bicyclic) bond motifs is 1. The molecule has 0 radical (unpaired) electrons. The van der Waals surface area contributed by atoms with Crippen LogP contribution in [0.5, 0.6) is 0 Å². The van der Waals surface area contributed by atoms with E-state index in [1.807, 2.05) is 18.8 Å². The number of rotatable bonds is 0. The summed E-state index contributed by atoms with van der Waals surface area (Å²) in [7, 11) is 1.88. The summed E-state index contributed by atoms with van der Waals surface area (Å²) < 4.78 is 1.74. The molecule has 54 valence electrons. The third-order valence-corrected chi connectivity index (χ3v) is 3.08. The maximum Gasteiger partial charge on any atom is 0.131 e. The second-order valence-electron chi connectivity index (χ2n) is 2.33. The van der Waals surface area contributed by atoms with Gasteiger partial charge in [0.2, 0.25) is 0 Å². The Kier molecular flexibility index (Phi) is 1.42. The maximum atomic E-state index is 5.94. The highest BCUT2D eigenvalue weighted by Gasteiger charge is 2.19. The second-order valence-corrected chi connectivity index (χ2v) is 3.68. The van der Waals surface area contributed by atoms with E-state index < -0.39 is 0 Å². The van der Waals surface area contributed by atoms with Gasteiger partial charge in [-0.2, -0.15) is 16.9 Å². The molecule has 0 N–H and O–H groups in total. The summed E-state index contributed by atoms with van der Waals surface area (Å²) in [5.74, 6) is 2.05. The van der Waals surface area contributed by atoms with Crippen molar-refractivity contribution in [2.24, 2.45) is 7.05 Å². The average molecular weight is 175 g/mol. The zero-order valence-electron chi connectivity index (χ0n) is 5.59. The lowest BCUT2D eigenvalue weighted by molar-refractivity contribution is 0.755. The van der Waals surface area contributed by atoms with E-state index in [0.29, 0.717) is 0 Å². The van der Waals surface area contributed by atoms with Crippen LogP contribution in [0.4, 0.5) is 0 Å². The fourth-order valence-corrected chi connectivity index (χ4v) is 2.44. The first-order valence-corrected chi connectivity index (χ1v) is 4.60. The highest BCUT2D eigenvalue weighted by molar-refractivity contribution is 7.98. The Morgan fingerprint density at radius 3 is 3.10 bits per heavy atom. The standard InChI is InChI=1S/C6H7ClN2S/c1-9-6(7)4-2-10-3-5(4)8-9/h2-3H2,1H3. The third kappa shape index (κ3) is 0.772. The van der Waals surface area contributed by atoms with E-state index in [4.69, 9.17) is 11.6 Å². The largest absolute Gasteiger partial charge is 0.256 e. The number of halogens is 1. The summed E-state index contributed by atoms with van der Waals surface area (Å²) in [6.45, 7) is 0. The molecule has 2 rings (SSSR count). The van der Waals surface area contributed by atoms with Crippen LogP contribution in [-0.4, -0.2) is 9.78 Å². The molecule has 1 aliphatic heterocycles. The number of thioether (sulfide) groups is 1. The van der Waals surface area contributed by atoms with Gasteiger partial charge < -0.3 is 0 Å². The molecule has 2 heterocycles. The molecule has 0 spiro atoms. The molecule has 1 aromatic heterocycles. The van der Waals surface area contributed by atoms with Crippen molar-refractivity contribution < 1.29 is 0 Å². The van der Waals surface area contributed by atoms with Gasteiger partial charge in [-0.1, -0.05) is 11.6 Å². The van der Waals surface area contributed by atoms with Gasteiger partial charge in [-0.3, -0.25) is 4.68 Å². The van der Waals surface area contributed by atoms with Gasteiger partial charge in [0.25, 0.3) is 0 Å². The molecular weight excluding hydrogens is 168 g/mol. The number of aryl methyl sites for hydroxylation is 1. The van der Waals surface area contributed by atoms with Crippen molar-refractivity contribution in [3.63, 3.8) is 0 Å². The van der Waals surface area contributed by atoms with E-state index in [-0.39, 0.29) is 0 Å². The van der Waals surface area contributed by atoms with Crippen LogP contribution < -0.4 is 0 Å². The monoisotopic (exact) mass is 174 g/mol. The first-order valence-electron chi connectivity index (χ1n) is 3.07. The van der Waals surface area contributed by atoms with Crippen LogP contribution in [0.3, 0.4) is 0 Å². The van der Waals surface area contributed by atoms with Crippen molar-refractivity contribution in [3.8, 4) is 0 Å². The molecule has 1 aliphatic rings. The Hall–Kier alpha value is -0.150. The summed E-state index contributed by atoms with van der Waals surface area (Å²) in [5, 5.41) is 5.06. The number of hydrogen-bond donors (Lipinski definition) is 0. The number of nitrogens with zero attached hydrogens (tertiary/aromatic N) is 2. The van der Waals surface area contributed by atoms with Gasteiger partial charge in [-0.15, -0.1) is 0 Å². The Bertz CT molecular complexity index is 269. The van der Waals surface area contributed by atoms with Crippen molar-refractivity contribution in [2.75, 3.05) is 0 Å². The average Bonchev–Trinajstić information content (AvgIpc) is 2.41. The predicted octanol–water partition coefficient (Wildman–Crippen LogP) is 1.82. The molecule has 4 heteroatoms. The zero-order chi connectivity index (χ0) is 7.14. The van der Waals surface area contributed by atoms with E-state index in [2.05, 4.69) is 5.10 Å². The van der Waals surface area contributed by atoms with E-state index in [9.17, 15) is 0 Å². The molecule has 0 aromatic carbocycles. The Morgan fingerprint density at radius 1 is 1.60 bits per heavy atom. The predicted molar refractivity (Wildman–Crippen MR) is 43.2 cm³/mol. The molecule has 2 nitrogen and oxygen atoms in total. The van der Waals surface area contributed by atoms with Gasteiger partial charge in [-0.05, 0) is 0 Å². The Balaban J connectivity index is 2.59. The van der Waals surface area contributed by atoms with Gasteiger partial charge in [0.1, 0.15) is 5.15 Å². The summed E-state index contributed by atoms with van der Waals surface area (Å²) >= 11 is 7.81. The van der Waals surface area contributed by atoms with E-state index in [1.54, 1.807) is 4.68 Å². The molecule has 0 atom stereocenters. The fourth-order valence-electron chi connectivity index (χ4n) is 1.11. The minimum Gasteiger partial charge on any atom is -0.256 e. The van der Waals surface area contributed by atoms with Crippen LogP contribution in [0.1, 0.15) is 11.3 Å². The van der Waals surface area contributed by atoms with Crippen LogP contribution >= 0.6 is 23.4 Å². The van der Waals surface area contributed by atoms with Crippen molar-refractivity contribution in [1.82, 2.24) is 9.78 Å². The van der Waals surface area contributed by atoms with Gasteiger partial charge in [0, 0.05) is 24.1 Å². The van der Waals surface area contributed by atoms with Gasteiger partial charge >= 0.3 is 0 Å². The fraction of sp³-hybridized carbons (Fsp3) is 0.500. The first kappa shape index (κ1) is 6.55. The second kappa shape index (κ2) is 2.17. The molecule has 0 bridgehead atoms. The van der Waals surface area contributed by atoms with E-state index in [1.165, 1.54) is 5.56 Å². The highest BCUT2D eigenvalue weighted by Crippen LogP contribution is 2.33. The van der Waals surface area contributed by atoms with Crippen molar-refractivity contribution in [3.05, 3.63) is 16.4 Å².